The number of amides is 1. The molecule has 4 rings (SSSR count). The van der Waals surface area contributed by atoms with Crippen molar-refractivity contribution in [2.75, 3.05) is 5.32 Å². The third-order valence-electron chi connectivity index (χ3n) is 3.96. The first kappa shape index (κ1) is 16.0. The lowest BCUT2D eigenvalue weighted by Crippen LogP contribution is -2.12. The fourth-order valence-corrected chi connectivity index (χ4v) is 2.67. The Kier molecular flexibility index (Phi) is 4.38. The van der Waals surface area contributed by atoms with E-state index in [1.807, 2.05) is 54.6 Å². The van der Waals surface area contributed by atoms with Crippen LogP contribution in [0.15, 0.2) is 71.4 Å². The van der Waals surface area contributed by atoms with E-state index in [4.69, 9.17) is 4.52 Å². The molecule has 0 spiro atoms. The Morgan fingerprint density at radius 2 is 1.85 bits per heavy atom. The summed E-state index contributed by atoms with van der Waals surface area (Å²) in [7, 11) is 0. The second kappa shape index (κ2) is 7.14. The monoisotopic (exact) mass is 344 g/mol. The maximum Gasteiger partial charge on any atom is 0.227 e. The fourth-order valence-electron chi connectivity index (χ4n) is 2.67. The number of hydrogen-bond acceptors (Lipinski definition) is 5. The summed E-state index contributed by atoms with van der Waals surface area (Å²) in [5, 5.41) is 9.03. The van der Waals surface area contributed by atoms with E-state index in [0.29, 0.717) is 23.8 Å². The van der Waals surface area contributed by atoms with Crippen molar-refractivity contribution in [2.24, 2.45) is 0 Å². The highest BCUT2D eigenvalue weighted by Gasteiger charge is 2.11. The summed E-state index contributed by atoms with van der Waals surface area (Å²) >= 11 is 0. The number of hydrogen-bond donors (Lipinski definition) is 1. The number of pyridine rings is 1. The first-order valence-corrected chi connectivity index (χ1v) is 8.30. The molecular formula is C20H16N4O2. The van der Waals surface area contributed by atoms with Gasteiger partial charge in [0.05, 0.1) is 0 Å². The van der Waals surface area contributed by atoms with Gasteiger partial charge >= 0.3 is 0 Å². The van der Waals surface area contributed by atoms with Crippen molar-refractivity contribution in [3.8, 4) is 11.5 Å². The highest BCUT2D eigenvalue weighted by Crippen LogP contribution is 2.19. The smallest absolute Gasteiger partial charge is 0.227 e. The first-order valence-electron chi connectivity index (χ1n) is 8.30. The molecule has 0 aliphatic carbocycles. The number of aromatic nitrogens is 3. The van der Waals surface area contributed by atoms with Crippen LogP contribution in [0.4, 0.5) is 5.69 Å². The van der Waals surface area contributed by atoms with Crippen molar-refractivity contribution in [1.29, 1.82) is 0 Å². The Hall–Kier alpha value is -3.54. The average Bonchev–Trinajstić information content (AvgIpc) is 3.16. The van der Waals surface area contributed by atoms with E-state index >= 15 is 0 Å². The van der Waals surface area contributed by atoms with Gasteiger partial charge in [-0.05, 0) is 35.0 Å². The minimum absolute atomic E-state index is 0.0992. The van der Waals surface area contributed by atoms with Gasteiger partial charge in [0.25, 0.3) is 0 Å². The maximum absolute atomic E-state index is 12.2. The van der Waals surface area contributed by atoms with E-state index in [9.17, 15) is 4.79 Å². The molecule has 0 atom stereocenters. The predicted octanol–water partition coefficient (Wildman–Crippen LogP) is 3.86. The number of nitrogens with one attached hydrogen (secondary N) is 1. The van der Waals surface area contributed by atoms with Gasteiger partial charge in [0, 0.05) is 24.7 Å². The Morgan fingerprint density at radius 3 is 2.69 bits per heavy atom. The number of nitrogens with zero attached hydrogens (tertiary/aromatic N) is 3. The molecule has 0 saturated carbocycles. The number of fused-ring (bicyclic) bond motifs is 1. The third-order valence-corrected chi connectivity index (χ3v) is 3.96. The quantitative estimate of drug-likeness (QED) is 0.594. The predicted molar refractivity (Wildman–Crippen MR) is 98.4 cm³/mol. The summed E-state index contributed by atoms with van der Waals surface area (Å²) in [5.41, 5.74) is 1.41. The maximum atomic E-state index is 12.2. The lowest BCUT2D eigenvalue weighted by Gasteiger charge is -2.05. The van der Waals surface area contributed by atoms with Gasteiger partial charge in [-0.1, -0.05) is 41.6 Å². The van der Waals surface area contributed by atoms with Crippen molar-refractivity contribution < 1.29 is 9.32 Å². The Balaban J connectivity index is 1.37. The molecule has 6 heteroatoms. The molecule has 0 saturated heterocycles. The largest absolute Gasteiger partial charge is 0.339 e. The fraction of sp³-hybridized carbons (Fsp3) is 0.100. The van der Waals surface area contributed by atoms with Crippen LogP contribution in [0.1, 0.15) is 12.3 Å². The van der Waals surface area contributed by atoms with E-state index in [-0.39, 0.29) is 12.3 Å². The molecule has 1 amide bonds. The molecule has 128 valence electrons. The number of benzene rings is 2. The van der Waals surface area contributed by atoms with Crippen LogP contribution >= 0.6 is 0 Å². The number of aryl methyl sites for hydroxylation is 1. The molecule has 0 radical (unpaired) electrons. The van der Waals surface area contributed by atoms with Gasteiger partial charge in [-0.25, -0.2) is 0 Å². The summed E-state index contributed by atoms with van der Waals surface area (Å²) in [6.07, 6.45) is 2.30. The van der Waals surface area contributed by atoms with Gasteiger partial charge in [-0.15, -0.1) is 0 Å². The van der Waals surface area contributed by atoms with Crippen molar-refractivity contribution >= 4 is 22.4 Å². The minimum Gasteiger partial charge on any atom is -0.339 e. The number of rotatable bonds is 5. The van der Waals surface area contributed by atoms with Crippen LogP contribution in [0, 0.1) is 0 Å². The minimum atomic E-state index is -0.0992. The summed E-state index contributed by atoms with van der Waals surface area (Å²) in [5.74, 6) is 0.743. The molecule has 0 fully saturated rings. The highest BCUT2D eigenvalue weighted by atomic mass is 16.5. The first-order chi connectivity index (χ1) is 12.8. The van der Waals surface area contributed by atoms with Crippen LogP contribution in [-0.4, -0.2) is 21.0 Å². The zero-order chi connectivity index (χ0) is 17.8. The van der Waals surface area contributed by atoms with Crippen molar-refractivity contribution in [3.05, 3.63) is 72.8 Å². The third kappa shape index (κ3) is 3.59. The lowest BCUT2D eigenvalue weighted by atomic mass is 10.1. The molecule has 0 aliphatic heterocycles. The molecule has 26 heavy (non-hydrogen) atoms. The van der Waals surface area contributed by atoms with Crippen LogP contribution in [0.5, 0.6) is 0 Å². The van der Waals surface area contributed by atoms with E-state index in [2.05, 4.69) is 20.4 Å². The number of carbonyl (C=O) groups excluding carboxylic acids is 1. The van der Waals surface area contributed by atoms with Gasteiger partial charge in [0.2, 0.25) is 17.6 Å². The zero-order valence-electron chi connectivity index (χ0n) is 13.9. The molecule has 0 bridgehead atoms. The SMILES string of the molecule is O=C(CCc1nc(-c2ccccn2)no1)Nc1ccc2ccccc2c1. The van der Waals surface area contributed by atoms with Crippen LogP contribution in [0.2, 0.25) is 0 Å². The molecule has 1 N–H and O–H groups in total. The zero-order valence-corrected chi connectivity index (χ0v) is 13.9. The van der Waals surface area contributed by atoms with Crippen LogP contribution in [0.3, 0.4) is 0 Å². The van der Waals surface area contributed by atoms with Crippen LogP contribution in [-0.2, 0) is 11.2 Å². The number of anilines is 1. The molecule has 4 aromatic rings. The second-order valence-corrected chi connectivity index (χ2v) is 5.84. The molecular weight excluding hydrogens is 328 g/mol. The highest BCUT2D eigenvalue weighted by molar-refractivity contribution is 5.94. The Morgan fingerprint density at radius 1 is 1.00 bits per heavy atom. The average molecular weight is 344 g/mol. The Bertz CT molecular complexity index is 1040. The molecule has 2 aromatic heterocycles. The number of carbonyl (C=O) groups is 1. The molecule has 2 aromatic carbocycles. The van der Waals surface area contributed by atoms with Crippen molar-refractivity contribution in [3.63, 3.8) is 0 Å². The van der Waals surface area contributed by atoms with E-state index in [1.54, 1.807) is 12.3 Å². The second-order valence-electron chi connectivity index (χ2n) is 5.84. The van der Waals surface area contributed by atoms with Gasteiger partial charge in [0.1, 0.15) is 5.69 Å². The van der Waals surface area contributed by atoms with Crippen molar-refractivity contribution in [1.82, 2.24) is 15.1 Å². The molecule has 6 nitrogen and oxygen atoms in total. The normalized spacial score (nSPS) is 10.8. The topological polar surface area (TPSA) is 80.9 Å². The summed E-state index contributed by atoms with van der Waals surface area (Å²) in [4.78, 5) is 20.6. The van der Waals surface area contributed by atoms with Gasteiger partial charge in [-0.3, -0.25) is 9.78 Å². The van der Waals surface area contributed by atoms with Crippen LogP contribution < -0.4 is 5.32 Å². The standard InChI is InChI=1S/C20H16N4O2/c25-18(22-16-9-8-14-5-1-2-6-15(14)13-16)10-11-19-23-20(24-26-19)17-7-3-4-12-21-17/h1-9,12-13H,10-11H2,(H,22,25). The lowest BCUT2D eigenvalue weighted by molar-refractivity contribution is -0.116. The van der Waals surface area contributed by atoms with Gasteiger partial charge < -0.3 is 9.84 Å². The summed E-state index contributed by atoms with van der Waals surface area (Å²) < 4.78 is 5.20. The molecule has 0 unspecified atom stereocenters. The Labute approximate surface area is 149 Å². The summed E-state index contributed by atoms with van der Waals surface area (Å²) in [6.45, 7) is 0. The molecule has 0 aliphatic rings. The van der Waals surface area contributed by atoms with Crippen LogP contribution in [0.25, 0.3) is 22.3 Å². The van der Waals surface area contributed by atoms with Crippen molar-refractivity contribution in [2.45, 2.75) is 12.8 Å². The van der Waals surface area contributed by atoms with Gasteiger partial charge in [-0.2, -0.15) is 4.98 Å². The van der Waals surface area contributed by atoms with E-state index < -0.39 is 0 Å². The van der Waals surface area contributed by atoms with E-state index in [0.717, 1.165) is 16.5 Å². The molecule has 2 heterocycles. The summed E-state index contributed by atoms with van der Waals surface area (Å²) in [6, 6.07) is 19.3. The van der Waals surface area contributed by atoms with E-state index in [1.165, 1.54) is 0 Å². The van der Waals surface area contributed by atoms with Gasteiger partial charge in [0.15, 0.2) is 0 Å².